The molecule has 0 spiro atoms. The molecule has 0 saturated heterocycles. The zero-order chi connectivity index (χ0) is 22.3. The van der Waals surface area contributed by atoms with Crippen molar-refractivity contribution >= 4 is 45.7 Å². The van der Waals surface area contributed by atoms with Gasteiger partial charge in [0.25, 0.3) is 11.8 Å². The van der Waals surface area contributed by atoms with Crippen molar-refractivity contribution in [1.82, 2.24) is 10.2 Å². The molecule has 32 heavy (non-hydrogen) atoms. The van der Waals surface area contributed by atoms with Crippen molar-refractivity contribution in [3.8, 4) is 0 Å². The molecule has 0 atom stereocenters. The summed E-state index contributed by atoms with van der Waals surface area (Å²) in [7, 11) is 0. The third-order valence-corrected chi connectivity index (χ3v) is 6.39. The predicted octanol–water partition coefficient (Wildman–Crippen LogP) is 5.47. The van der Waals surface area contributed by atoms with Gasteiger partial charge in [-0.15, -0.1) is 10.2 Å². The van der Waals surface area contributed by atoms with Crippen LogP contribution in [0.3, 0.4) is 0 Å². The van der Waals surface area contributed by atoms with E-state index in [4.69, 9.17) is 0 Å². The second-order valence-corrected chi connectivity index (χ2v) is 8.84. The summed E-state index contributed by atoms with van der Waals surface area (Å²) in [5.41, 5.74) is 2.54. The van der Waals surface area contributed by atoms with Gasteiger partial charge >= 0.3 is 0 Å². The van der Waals surface area contributed by atoms with Crippen molar-refractivity contribution in [2.45, 2.75) is 10.1 Å². The van der Waals surface area contributed by atoms with Gasteiger partial charge in [-0.3, -0.25) is 14.9 Å². The third-order valence-electron chi connectivity index (χ3n) is 4.34. The minimum atomic E-state index is -0.322. The van der Waals surface area contributed by atoms with Gasteiger partial charge in [-0.05, 0) is 54.1 Å². The van der Waals surface area contributed by atoms with E-state index in [0.717, 1.165) is 5.56 Å². The first-order chi connectivity index (χ1) is 15.6. The predicted molar refractivity (Wildman–Crippen MR) is 125 cm³/mol. The van der Waals surface area contributed by atoms with Gasteiger partial charge < -0.3 is 5.32 Å². The zero-order valence-electron chi connectivity index (χ0n) is 16.6. The summed E-state index contributed by atoms with van der Waals surface area (Å²) in [6.07, 6.45) is 0. The van der Waals surface area contributed by atoms with Gasteiger partial charge in [-0.1, -0.05) is 53.4 Å². The topological polar surface area (TPSA) is 84.0 Å². The van der Waals surface area contributed by atoms with Gasteiger partial charge in [0.1, 0.15) is 5.82 Å². The maximum atomic E-state index is 13.0. The monoisotopic (exact) mass is 464 g/mol. The lowest BCUT2D eigenvalue weighted by molar-refractivity contribution is 0.102. The normalized spacial score (nSPS) is 10.5. The molecule has 0 aliphatic rings. The van der Waals surface area contributed by atoms with E-state index >= 15 is 0 Å². The van der Waals surface area contributed by atoms with E-state index in [1.54, 1.807) is 60.7 Å². The first-order valence-corrected chi connectivity index (χ1v) is 11.4. The number of carbonyl (C=O) groups is 2. The van der Waals surface area contributed by atoms with Crippen molar-refractivity contribution in [3.05, 3.63) is 101 Å². The fraction of sp³-hybridized carbons (Fsp3) is 0.0435. The quantitative estimate of drug-likeness (QED) is 0.280. The Kier molecular flexibility index (Phi) is 6.88. The van der Waals surface area contributed by atoms with E-state index in [2.05, 4.69) is 20.8 Å². The van der Waals surface area contributed by atoms with Crippen molar-refractivity contribution in [3.63, 3.8) is 0 Å². The molecule has 2 N–H and O–H groups in total. The van der Waals surface area contributed by atoms with Crippen molar-refractivity contribution < 1.29 is 14.0 Å². The van der Waals surface area contributed by atoms with Gasteiger partial charge in [-0.2, -0.15) is 0 Å². The van der Waals surface area contributed by atoms with Crippen LogP contribution < -0.4 is 10.6 Å². The maximum absolute atomic E-state index is 13.0. The summed E-state index contributed by atoms with van der Waals surface area (Å²) < 4.78 is 13.7. The molecule has 0 unspecified atom stereocenters. The van der Waals surface area contributed by atoms with Crippen molar-refractivity contribution in [2.24, 2.45) is 0 Å². The fourth-order valence-electron chi connectivity index (χ4n) is 2.71. The number of thioether (sulfide) groups is 1. The van der Waals surface area contributed by atoms with E-state index in [0.29, 0.717) is 32.0 Å². The summed E-state index contributed by atoms with van der Waals surface area (Å²) in [6.45, 7) is 0. The van der Waals surface area contributed by atoms with Crippen LogP contribution in [0, 0.1) is 5.82 Å². The smallest absolute Gasteiger partial charge is 0.257 e. The Morgan fingerprint density at radius 3 is 2.19 bits per heavy atom. The van der Waals surface area contributed by atoms with E-state index in [9.17, 15) is 14.0 Å². The average molecular weight is 465 g/mol. The van der Waals surface area contributed by atoms with Crippen LogP contribution in [0.25, 0.3) is 0 Å². The zero-order valence-corrected chi connectivity index (χ0v) is 18.3. The summed E-state index contributed by atoms with van der Waals surface area (Å²) in [5, 5.41) is 14.0. The van der Waals surface area contributed by atoms with E-state index in [1.165, 1.54) is 35.2 Å². The van der Waals surface area contributed by atoms with Gasteiger partial charge in [0.2, 0.25) is 5.13 Å². The van der Waals surface area contributed by atoms with Crippen LogP contribution in [0.5, 0.6) is 0 Å². The molecular weight excluding hydrogens is 447 g/mol. The molecule has 0 aliphatic carbocycles. The largest absolute Gasteiger partial charge is 0.322 e. The molecule has 0 bridgehead atoms. The molecule has 4 aromatic rings. The summed E-state index contributed by atoms with van der Waals surface area (Å²) in [6, 6.07) is 21.7. The van der Waals surface area contributed by atoms with Crippen LogP contribution in [0.1, 0.15) is 26.3 Å². The minimum Gasteiger partial charge on any atom is -0.322 e. The Balaban J connectivity index is 1.31. The minimum absolute atomic E-state index is 0.220. The number of carbonyl (C=O) groups excluding carboxylic acids is 2. The highest BCUT2D eigenvalue weighted by Gasteiger charge is 2.12. The number of aromatic nitrogens is 2. The third kappa shape index (κ3) is 5.77. The van der Waals surface area contributed by atoms with Crippen LogP contribution in [0.15, 0.2) is 83.2 Å². The van der Waals surface area contributed by atoms with Crippen molar-refractivity contribution in [1.29, 1.82) is 0 Å². The number of nitrogens with zero attached hydrogens (tertiary/aromatic N) is 2. The Bertz CT molecular complexity index is 1210. The van der Waals surface area contributed by atoms with Gasteiger partial charge in [0.05, 0.1) is 0 Å². The number of benzene rings is 3. The number of nitrogens with one attached hydrogen (secondary N) is 2. The van der Waals surface area contributed by atoms with Crippen LogP contribution in [0.2, 0.25) is 0 Å². The van der Waals surface area contributed by atoms with Gasteiger partial charge in [0.15, 0.2) is 4.34 Å². The number of amides is 2. The van der Waals surface area contributed by atoms with Gasteiger partial charge in [0, 0.05) is 22.6 Å². The molecule has 9 heteroatoms. The fourth-order valence-corrected chi connectivity index (χ4v) is 4.41. The molecule has 1 heterocycles. The maximum Gasteiger partial charge on any atom is 0.257 e. The number of halogens is 1. The summed E-state index contributed by atoms with van der Waals surface area (Å²) in [4.78, 5) is 24.7. The molecule has 4 rings (SSSR count). The number of hydrogen-bond acceptors (Lipinski definition) is 6. The number of hydrogen-bond donors (Lipinski definition) is 2. The summed E-state index contributed by atoms with van der Waals surface area (Å²) in [5.74, 6) is -0.190. The molecule has 3 aromatic carbocycles. The Morgan fingerprint density at radius 2 is 1.47 bits per heavy atom. The van der Waals surface area contributed by atoms with Crippen LogP contribution in [0.4, 0.5) is 15.2 Å². The Hall–Kier alpha value is -3.56. The molecule has 0 aliphatic heterocycles. The van der Waals surface area contributed by atoms with Gasteiger partial charge in [-0.25, -0.2) is 4.39 Å². The molecule has 1 aromatic heterocycles. The molecule has 0 saturated carbocycles. The Morgan fingerprint density at radius 1 is 0.812 bits per heavy atom. The highest BCUT2D eigenvalue weighted by atomic mass is 32.2. The second kappa shape index (κ2) is 10.2. The van der Waals surface area contributed by atoms with E-state index in [1.807, 2.05) is 6.07 Å². The first kappa shape index (κ1) is 21.7. The number of anilines is 2. The van der Waals surface area contributed by atoms with Crippen molar-refractivity contribution in [2.75, 3.05) is 10.6 Å². The molecule has 160 valence electrons. The number of rotatable bonds is 7. The van der Waals surface area contributed by atoms with Crippen LogP contribution in [-0.4, -0.2) is 22.0 Å². The lowest BCUT2D eigenvalue weighted by atomic mass is 10.1. The van der Waals surface area contributed by atoms with E-state index < -0.39 is 0 Å². The first-order valence-electron chi connectivity index (χ1n) is 9.55. The van der Waals surface area contributed by atoms with Crippen LogP contribution >= 0.6 is 23.1 Å². The SMILES string of the molecule is O=C(Nc1ccc(C(=O)Nc2nnc(SCc3ccc(F)cc3)s2)cc1)c1ccccc1. The lowest BCUT2D eigenvalue weighted by Gasteiger charge is -2.06. The second-order valence-electron chi connectivity index (χ2n) is 6.64. The van der Waals surface area contributed by atoms with E-state index in [-0.39, 0.29) is 17.6 Å². The summed E-state index contributed by atoms with van der Waals surface area (Å²) >= 11 is 2.73. The molecular formula is C23H17FN4O2S2. The van der Waals surface area contributed by atoms with Crippen LogP contribution in [-0.2, 0) is 5.75 Å². The molecule has 2 amide bonds. The highest BCUT2D eigenvalue weighted by Crippen LogP contribution is 2.28. The Labute approximate surface area is 191 Å². The standard InChI is InChI=1S/C23H17FN4O2S2/c24-18-10-6-15(7-11-18)14-31-23-28-27-22(32-23)26-21(30)17-8-12-19(13-9-17)25-20(29)16-4-2-1-3-5-16/h1-13H,14H2,(H,25,29)(H,26,27,30). The molecule has 0 fully saturated rings. The molecule has 0 radical (unpaired) electrons. The highest BCUT2D eigenvalue weighted by molar-refractivity contribution is 8.00. The average Bonchev–Trinajstić information content (AvgIpc) is 3.27. The molecule has 6 nitrogen and oxygen atoms in total. The lowest BCUT2D eigenvalue weighted by Crippen LogP contribution is -2.13.